The van der Waals surface area contributed by atoms with Gasteiger partial charge in [0.05, 0.1) is 11.7 Å². The molecule has 2 aliphatic rings. The molecular formula is C12H21BN2O4. The second kappa shape index (κ2) is 5.92. The molecule has 2 rings (SSSR count). The van der Waals surface area contributed by atoms with E-state index in [9.17, 15) is 14.8 Å². The lowest BCUT2D eigenvalue weighted by Crippen LogP contribution is -2.50. The number of amides is 1. The number of nitrogens with zero attached hydrogens (tertiary/aromatic N) is 1. The van der Waals surface area contributed by atoms with E-state index < -0.39 is 19.2 Å². The van der Waals surface area contributed by atoms with Crippen molar-refractivity contribution >= 4 is 18.7 Å². The minimum atomic E-state index is -1.56. The summed E-state index contributed by atoms with van der Waals surface area (Å²) in [5.74, 6) is -0.234. The zero-order valence-electron chi connectivity index (χ0n) is 11.4. The Morgan fingerprint density at radius 2 is 2.21 bits per heavy atom. The van der Waals surface area contributed by atoms with Crippen molar-refractivity contribution in [2.24, 2.45) is 17.0 Å². The fraction of sp³-hybridized carbons (Fsp3) is 0.833. The van der Waals surface area contributed by atoms with Gasteiger partial charge < -0.3 is 20.2 Å². The van der Waals surface area contributed by atoms with Gasteiger partial charge in [0.1, 0.15) is 0 Å². The van der Waals surface area contributed by atoms with Crippen molar-refractivity contribution in [3.05, 3.63) is 0 Å². The number of carbonyl (C=O) groups excluding carboxylic acids is 1. The molecule has 0 saturated heterocycles. The molecule has 3 N–H and O–H groups in total. The van der Waals surface area contributed by atoms with Crippen LogP contribution in [-0.4, -0.2) is 40.8 Å². The first-order valence-corrected chi connectivity index (χ1v) is 6.86. The Kier molecular flexibility index (Phi) is 4.47. The number of nitrogens with one attached hydrogen (secondary N) is 1. The molecule has 1 heterocycles. The summed E-state index contributed by atoms with van der Waals surface area (Å²) in [4.78, 5) is 17.1. The summed E-state index contributed by atoms with van der Waals surface area (Å²) in [5.41, 5.74) is 0.963. The molecule has 0 bridgehead atoms. The van der Waals surface area contributed by atoms with Gasteiger partial charge >= 0.3 is 7.12 Å². The van der Waals surface area contributed by atoms with Crippen LogP contribution in [0.25, 0.3) is 0 Å². The zero-order chi connectivity index (χ0) is 14.0. The molecule has 1 aliphatic heterocycles. The highest BCUT2D eigenvalue weighted by Gasteiger charge is 2.38. The van der Waals surface area contributed by atoms with Crippen LogP contribution in [0.5, 0.6) is 0 Å². The Morgan fingerprint density at radius 1 is 1.53 bits per heavy atom. The summed E-state index contributed by atoms with van der Waals surface area (Å²) in [7, 11) is -1.56. The first-order chi connectivity index (χ1) is 8.97. The molecule has 1 amide bonds. The maximum Gasteiger partial charge on any atom is 0.475 e. The van der Waals surface area contributed by atoms with Crippen LogP contribution < -0.4 is 5.32 Å². The van der Waals surface area contributed by atoms with Gasteiger partial charge in [-0.1, -0.05) is 19.0 Å². The summed E-state index contributed by atoms with van der Waals surface area (Å²) >= 11 is 0. The number of carbonyl (C=O) groups is 1. The van der Waals surface area contributed by atoms with Crippen molar-refractivity contribution in [3.8, 4) is 0 Å². The van der Waals surface area contributed by atoms with E-state index in [0.717, 1.165) is 18.6 Å². The Bertz CT molecular complexity index is 369. The third-order valence-electron chi connectivity index (χ3n) is 3.45. The van der Waals surface area contributed by atoms with Crippen LogP contribution in [0.15, 0.2) is 5.16 Å². The van der Waals surface area contributed by atoms with Crippen LogP contribution in [0.2, 0.25) is 0 Å². The van der Waals surface area contributed by atoms with Crippen LogP contribution in [0, 0.1) is 11.8 Å². The molecule has 1 fully saturated rings. The molecule has 0 aromatic rings. The number of hydrogen-bond acceptors (Lipinski definition) is 5. The van der Waals surface area contributed by atoms with Gasteiger partial charge in [0.2, 0.25) is 6.10 Å². The summed E-state index contributed by atoms with van der Waals surface area (Å²) in [6.45, 7) is 3.92. The topological polar surface area (TPSA) is 91.2 Å². The van der Waals surface area contributed by atoms with Crippen LogP contribution in [0.4, 0.5) is 0 Å². The average molecular weight is 268 g/mol. The van der Waals surface area contributed by atoms with E-state index in [2.05, 4.69) is 10.5 Å². The van der Waals surface area contributed by atoms with Gasteiger partial charge in [-0.15, -0.1) is 0 Å². The van der Waals surface area contributed by atoms with Gasteiger partial charge in [-0.2, -0.15) is 0 Å². The summed E-state index contributed by atoms with van der Waals surface area (Å²) < 4.78 is 0. The fourth-order valence-electron chi connectivity index (χ4n) is 2.23. The molecule has 2 unspecified atom stereocenters. The third kappa shape index (κ3) is 3.94. The second-order valence-electron chi connectivity index (χ2n) is 5.81. The molecule has 1 saturated carbocycles. The van der Waals surface area contributed by atoms with Gasteiger partial charge in [0.25, 0.3) is 5.91 Å². The van der Waals surface area contributed by atoms with Crippen LogP contribution in [0.1, 0.15) is 39.5 Å². The van der Waals surface area contributed by atoms with Crippen LogP contribution in [-0.2, 0) is 9.63 Å². The van der Waals surface area contributed by atoms with Crippen LogP contribution in [0.3, 0.4) is 0 Å². The highest BCUT2D eigenvalue weighted by atomic mass is 16.6. The summed E-state index contributed by atoms with van der Waals surface area (Å²) in [6, 6.07) is 0. The van der Waals surface area contributed by atoms with Gasteiger partial charge in [-0.05, 0) is 25.2 Å². The molecule has 0 radical (unpaired) electrons. The van der Waals surface area contributed by atoms with E-state index in [0.29, 0.717) is 18.8 Å². The van der Waals surface area contributed by atoms with Crippen molar-refractivity contribution in [2.45, 2.75) is 51.6 Å². The molecule has 0 aromatic heterocycles. The number of oxime groups is 1. The molecular weight excluding hydrogens is 247 g/mol. The smallest absolute Gasteiger partial charge is 0.426 e. The first-order valence-electron chi connectivity index (χ1n) is 6.86. The van der Waals surface area contributed by atoms with E-state index in [1.165, 1.54) is 0 Å². The van der Waals surface area contributed by atoms with E-state index >= 15 is 0 Å². The Morgan fingerprint density at radius 3 is 2.74 bits per heavy atom. The maximum absolute atomic E-state index is 12.0. The molecule has 19 heavy (non-hydrogen) atoms. The van der Waals surface area contributed by atoms with Crippen molar-refractivity contribution in [2.75, 3.05) is 0 Å². The Balaban J connectivity index is 1.82. The standard InChI is InChI=1S/C12H21BN2O4/c1-7(2)5-11(13(17)18)14-12(16)10-6-9(15-19-10)8-3-4-8/h7-8,10-11,17-18H,3-6H2,1-2H3,(H,14,16). The molecule has 7 heteroatoms. The minimum absolute atomic E-state index is 0.259. The Labute approximate surface area is 113 Å². The first kappa shape index (κ1) is 14.3. The third-order valence-corrected chi connectivity index (χ3v) is 3.45. The van der Waals surface area contributed by atoms with E-state index in [4.69, 9.17) is 4.84 Å². The fourth-order valence-corrected chi connectivity index (χ4v) is 2.23. The molecule has 0 spiro atoms. The van der Waals surface area contributed by atoms with E-state index in [-0.39, 0.29) is 11.8 Å². The molecule has 1 aliphatic carbocycles. The lowest BCUT2D eigenvalue weighted by molar-refractivity contribution is -0.131. The number of hydrogen-bond donors (Lipinski definition) is 3. The quantitative estimate of drug-likeness (QED) is 0.595. The molecule has 106 valence electrons. The van der Waals surface area contributed by atoms with Crippen molar-refractivity contribution < 1.29 is 19.7 Å². The van der Waals surface area contributed by atoms with Gasteiger partial charge in [0.15, 0.2) is 0 Å². The zero-order valence-corrected chi connectivity index (χ0v) is 11.4. The van der Waals surface area contributed by atoms with Gasteiger partial charge in [-0.3, -0.25) is 4.79 Å². The van der Waals surface area contributed by atoms with Crippen molar-refractivity contribution in [1.82, 2.24) is 5.32 Å². The normalized spacial score (nSPS) is 23.8. The lowest BCUT2D eigenvalue weighted by atomic mass is 9.75. The van der Waals surface area contributed by atoms with E-state index in [1.54, 1.807) is 0 Å². The SMILES string of the molecule is CC(C)CC(NC(=O)C1CC(C2CC2)=NO1)B(O)O. The van der Waals surface area contributed by atoms with Crippen molar-refractivity contribution in [1.29, 1.82) is 0 Å². The maximum atomic E-state index is 12.0. The van der Waals surface area contributed by atoms with Crippen LogP contribution >= 0.6 is 0 Å². The molecule has 2 atom stereocenters. The molecule has 0 aromatic carbocycles. The Hall–Kier alpha value is -1.08. The lowest BCUT2D eigenvalue weighted by Gasteiger charge is -2.20. The molecule has 6 nitrogen and oxygen atoms in total. The average Bonchev–Trinajstić information content (AvgIpc) is 3.05. The predicted octanol–water partition coefficient (Wildman–Crippen LogP) is 0.0842. The van der Waals surface area contributed by atoms with Gasteiger partial charge in [-0.25, -0.2) is 0 Å². The highest BCUT2D eigenvalue weighted by Crippen LogP contribution is 2.34. The number of rotatable bonds is 6. The van der Waals surface area contributed by atoms with E-state index in [1.807, 2.05) is 13.8 Å². The monoisotopic (exact) mass is 268 g/mol. The van der Waals surface area contributed by atoms with Gasteiger partial charge in [0, 0.05) is 12.3 Å². The summed E-state index contributed by atoms with van der Waals surface area (Å²) in [5, 5.41) is 25.1. The second-order valence-corrected chi connectivity index (χ2v) is 5.81. The predicted molar refractivity (Wildman–Crippen MR) is 71.2 cm³/mol. The largest absolute Gasteiger partial charge is 0.475 e. The minimum Gasteiger partial charge on any atom is -0.426 e. The highest BCUT2D eigenvalue weighted by molar-refractivity contribution is 6.43. The van der Waals surface area contributed by atoms with Crippen molar-refractivity contribution in [3.63, 3.8) is 0 Å². The summed E-state index contributed by atoms with van der Waals surface area (Å²) in [6.07, 6.45) is 2.66.